The molecule has 0 aliphatic carbocycles. The predicted octanol–water partition coefficient (Wildman–Crippen LogP) is 2.83. The number of fused-ring (bicyclic) bond motifs is 1. The number of hydrogen-bond acceptors (Lipinski definition) is 5. The molecule has 152 valence electrons. The van der Waals surface area contributed by atoms with Crippen molar-refractivity contribution < 1.29 is 14.3 Å². The summed E-state index contributed by atoms with van der Waals surface area (Å²) in [6, 6.07) is 12.8. The summed E-state index contributed by atoms with van der Waals surface area (Å²) in [6.45, 7) is 0.703. The zero-order chi connectivity index (χ0) is 20.8. The van der Waals surface area contributed by atoms with Gasteiger partial charge >= 0.3 is 0 Å². The van der Waals surface area contributed by atoms with Crippen molar-refractivity contribution >= 4 is 29.0 Å². The molecule has 2 N–H and O–H groups in total. The van der Waals surface area contributed by atoms with E-state index in [2.05, 4.69) is 10.3 Å². The summed E-state index contributed by atoms with van der Waals surface area (Å²) in [5.41, 5.74) is 1.52. The average molecular weight is 413 g/mol. The van der Waals surface area contributed by atoms with E-state index >= 15 is 0 Å². The highest BCUT2D eigenvalue weighted by Gasteiger charge is 2.09. The molecular weight excluding hydrogens is 390 g/mol. The van der Waals surface area contributed by atoms with Crippen molar-refractivity contribution in [3.05, 3.63) is 63.2 Å². The van der Waals surface area contributed by atoms with Crippen LogP contribution in [0.3, 0.4) is 0 Å². The molecule has 0 bridgehead atoms. The third-order valence-corrected chi connectivity index (χ3v) is 4.96. The van der Waals surface area contributed by atoms with Crippen LogP contribution in [0.4, 0.5) is 0 Å². The molecule has 0 spiro atoms. The van der Waals surface area contributed by atoms with E-state index in [1.165, 1.54) is 4.57 Å². The highest BCUT2D eigenvalue weighted by atomic mass is 32.1. The van der Waals surface area contributed by atoms with E-state index < -0.39 is 0 Å². The molecule has 3 rings (SSSR count). The van der Waals surface area contributed by atoms with Crippen LogP contribution in [0.1, 0.15) is 12.0 Å². The maximum absolute atomic E-state index is 12.6. The lowest BCUT2D eigenvalue weighted by atomic mass is 10.1. The van der Waals surface area contributed by atoms with Crippen molar-refractivity contribution in [2.45, 2.75) is 19.4 Å². The molecule has 3 aromatic rings. The lowest BCUT2D eigenvalue weighted by molar-refractivity contribution is -0.121. The van der Waals surface area contributed by atoms with Gasteiger partial charge in [-0.2, -0.15) is 0 Å². The van der Waals surface area contributed by atoms with E-state index in [0.717, 1.165) is 5.56 Å². The van der Waals surface area contributed by atoms with Gasteiger partial charge in [0.15, 0.2) is 16.3 Å². The molecular formula is C21H23N3O4S. The maximum Gasteiger partial charge on any atom is 0.262 e. The minimum Gasteiger partial charge on any atom is -0.493 e. The fraction of sp³-hybridized carbons (Fsp3) is 0.286. The Morgan fingerprint density at radius 1 is 1.14 bits per heavy atom. The zero-order valence-electron chi connectivity index (χ0n) is 16.4. The minimum absolute atomic E-state index is 0.139. The number of aromatic amines is 1. The number of H-pyrrole nitrogens is 1. The van der Waals surface area contributed by atoms with Crippen molar-refractivity contribution in [2.24, 2.45) is 0 Å². The van der Waals surface area contributed by atoms with Gasteiger partial charge in [0.05, 0.1) is 25.1 Å². The van der Waals surface area contributed by atoms with Gasteiger partial charge in [0.1, 0.15) is 0 Å². The fourth-order valence-electron chi connectivity index (χ4n) is 3.09. The summed E-state index contributed by atoms with van der Waals surface area (Å²) in [6.07, 6.45) is 0.823. The topological polar surface area (TPSA) is 85.4 Å². The standard InChI is InChI=1S/C21H23N3O4S/c1-27-17-8-7-14(13-18(17)28-2)9-11-22-19(25)10-12-24-20(26)15-5-3-4-6-16(15)23-21(24)29/h3-8,13H,9-12H2,1-2H3,(H,22,25)(H,23,29). The predicted molar refractivity (Wildman–Crippen MR) is 114 cm³/mol. The van der Waals surface area contributed by atoms with Crippen LogP contribution in [0.15, 0.2) is 47.3 Å². The highest BCUT2D eigenvalue weighted by Crippen LogP contribution is 2.27. The first-order valence-corrected chi connectivity index (χ1v) is 9.63. The number of carbonyl (C=O) groups is 1. The van der Waals surface area contributed by atoms with Crippen LogP contribution < -0.4 is 20.3 Å². The van der Waals surface area contributed by atoms with Crippen LogP contribution >= 0.6 is 12.2 Å². The molecule has 1 aromatic heterocycles. The fourth-order valence-corrected chi connectivity index (χ4v) is 3.37. The van der Waals surface area contributed by atoms with E-state index in [1.54, 1.807) is 32.4 Å². The van der Waals surface area contributed by atoms with Crippen molar-refractivity contribution in [3.63, 3.8) is 0 Å². The number of benzene rings is 2. The maximum atomic E-state index is 12.6. The number of aromatic nitrogens is 2. The van der Waals surface area contributed by atoms with Gasteiger partial charge in [-0.15, -0.1) is 0 Å². The minimum atomic E-state index is -0.192. The monoisotopic (exact) mass is 413 g/mol. The SMILES string of the molecule is COc1ccc(CCNC(=O)CCn2c(=S)[nH]c3ccccc3c2=O)cc1OC. The van der Waals surface area contributed by atoms with Gasteiger partial charge in [-0.05, 0) is 48.5 Å². The van der Waals surface area contributed by atoms with Gasteiger partial charge in [-0.3, -0.25) is 14.2 Å². The number of carbonyl (C=O) groups excluding carboxylic acids is 1. The van der Waals surface area contributed by atoms with Crippen molar-refractivity contribution in [1.82, 2.24) is 14.9 Å². The summed E-state index contributed by atoms with van der Waals surface area (Å²) in [4.78, 5) is 27.8. The Morgan fingerprint density at radius 3 is 2.66 bits per heavy atom. The molecule has 2 aromatic carbocycles. The van der Waals surface area contributed by atoms with Crippen molar-refractivity contribution in [2.75, 3.05) is 20.8 Å². The molecule has 0 unspecified atom stereocenters. The third-order valence-electron chi connectivity index (χ3n) is 4.64. The first-order chi connectivity index (χ1) is 14.0. The number of ether oxygens (including phenoxy) is 2. The normalized spacial score (nSPS) is 10.7. The summed E-state index contributed by atoms with van der Waals surface area (Å²) in [5, 5.41) is 3.42. The van der Waals surface area contributed by atoms with Gasteiger partial charge in [0.2, 0.25) is 5.91 Å². The first kappa shape index (κ1) is 20.6. The van der Waals surface area contributed by atoms with Crippen molar-refractivity contribution in [3.8, 4) is 11.5 Å². The first-order valence-electron chi connectivity index (χ1n) is 9.23. The van der Waals surface area contributed by atoms with Crippen LogP contribution in [0.2, 0.25) is 0 Å². The van der Waals surface area contributed by atoms with Gasteiger partial charge in [0.25, 0.3) is 5.56 Å². The molecule has 0 radical (unpaired) electrons. The van der Waals surface area contributed by atoms with Crippen LogP contribution in [0.25, 0.3) is 10.9 Å². The highest BCUT2D eigenvalue weighted by molar-refractivity contribution is 7.71. The Kier molecular flexibility index (Phi) is 6.66. The van der Waals surface area contributed by atoms with Crippen molar-refractivity contribution in [1.29, 1.82) is 0 Å². The van der Waals surface area contributed by atoms with Crippen LogP contribution in [0, 0.1) is 4.77 Å². The summed E-state index contributed by atoms with van der Waals surface area (Å²) < 4.78 is 12.2. The molecule has 1 amide bonds. The second-order valence-electron chi connectivity index (χ2n) is 6.47. The largest absolute Gasteiger partial charge is 0.493 e. The molecule has 0 atom stereocenters. The summed E-state index contributed by atoms with van der Waals surface area (Å²) >= 11 is 5.27. The molecule has 0 aliphatic heterocycles. The second-order valence-corrected chi connectivity index (χ2v) is 6.86. The van der Waals surface area contributed by atoms with E-state index in [-0.39, 0.29) is 24.4 Å². The van der Waals surface area contributed by atoms with E-state index in [0.29, 0.717) is 40.1 Å². The van der Waals surface area contributed by atoms with E-state index in [9.17, 15) is 9.59 Å². The summed E-state index contributed by atoms with van der Waals surface area (Å²) in [7, 11) is 3.17. The number of para-hydroxylation sites is 1. The molecule has 0 saturated heterocycles. The molecule has 8 heteroatoms. The lowest BCUT2D eigenvalue weighted by Gasteiger charge is -2.11. The Hall–Kier alpha value is -3.13. The van der Waals surface area contributed by atoms with Crippen LogP contribution in [-0.4, -0.2) is 36.2 Å². The number of methoxy groups -OCH3 is 2. The summed E-state index contributed by atoms with van der Waals surface area (Å²) in [5.74, 6) is 1.18. The Balaban J connectivity index is 1.56. The molecule has 7 nitrogen and oxygen atoms in total. The molecule has 1 heterocycles. The number of nitrogens with zero attached hydrogens (tertiary/aromatic N) is 1. The molecule has 0 aliphatic rings. The van der Waals surface area contributed by atoms with Gasteiger partial charge in [-0.25, -0.2) is 0 Å². The average Bonchev–Trinajstić information content (AvgIpc) is 2.73. The molecule has 0 fully saturated rings. The zero-order valence-corrected chi connectivity index (χ0v) is 17.2. The van der Waals surface area contributed by atoms with E-state index in [1.807, 2.05) is 24.3 Å². The second kappa shape index (κ2) is 9.38. The Labute approximate surface area is 173 Å². The Morgan fingerprint density at radius 2 is 1.90 bits per heavy atom. The van der Waals surface area contributed by atoms with Crippen LogP contribution in [-0.2, 0) is 17.8 Å². The van der Waals surface area contributed by atoms with Gasteiger partial charge in [-0.1, -0.05) is 18.2 Å². The quantitative estimate of drug-likeness (QED) is 0.555. The smallest absolute Gasteiger partial charge is 0.262 e. The molecule has 0 saturated carbocycles. The van der Waals surface area contributed by atoms with E-state index in [4.69, 9.17) is 21.7 Å². The van der Waals surface area contributed by atoms with Crippen LogP contribution in [0.5, 0.6) is 11.5 Å². The lowest BCUT2D eigenvalue weighted by Crippen LogP contribution is -2.29. The number of amides is 1. The third kappa shape index (κ3) is 4.83. The molecule has 29 heavy (non-hydrogen) atoms. The number of nitrogens with one attached hydrogen (secondary N) is 2. The number of hydrogen-bond donors (Lipinski definition) is 2. The van der Waals surface area contributed by atoms with Gasteiger partial charge in [0, 0.05) is 19.5 Å². The Bertz CT molecular complexity index is 1140. The number of rotatable bonds is 8. The van der Waals surface area contributed by atoms with Gasteiger partial charge < -0.3 is 19.8 Å².